The molecule has 0 bridgehead atoms. The highest BCUT2D eigenvalue weighted by molar-refractivity contribution is 6.01. The average molecular weight is 437 g/mol. The molecule has 0 spiro atoms. The molecule has 2 aromatic carbocycles. The Balaban J connectivity index is 1.68. The summed E-state index contributed by atoms with van der Waals surface area (Å²) in [6.07, 6.45) is -4.42. The lowest BCUT2D eigenvalue weighted by Gasteiger charge is -2.26. The number of nitrogens with zero attached hydrogens (tertiary/aromatic N) is 2. The zero-order chi connectivity index (χ0) is 22.6. The molecule has 0 aliphatic carbocycles. The highest BCUT2D eigenvalue weighted by atomic mass is 19.4. The van der Waals surface area contributed by atoms with Crippen molar-refractivity contribution in [3.05, 3.63) is 71.0 Å². The maximum atomic E-state index is 13.1. The molecular weight excluding hydrogens is 414 g/mol. The number of amides is 2. The van der Waals surface area contributed by atoms with E-state index in [1.165, 1.54) is 29.2 Å². The Bertz CT molecular complexity index is 925. The van der Waals surface area contributed by atoms with Gasteiger partial charge in [-0.25, -0.2) is 9.18 Å². The van der Waals surface area contributed by atoms with E-state index in [1.54, 1.807) is 12.1 Å². The van der Waals surface area contributed by atoms with Gasteiger partial charge in [0.05, 0.1) is 17.8 Å². The third-order valence-corrected chi connectivity index (χ3v) is 4.69. The number of hydrogen-bond donors (Lipinski definition) is 1. The van der Waals surface area contributed by atoms with Crippen LogP contribution < -0.4 is 5.32 Å². The van der Waals surface area contributed by atoms with Crippen molar-refractivity contribution < 1.29 is 27.2 Å². The van der Waals surface area contributed by atoms with Crippen molar-refractivity contribution in [1.82, 2.24) is 10.2 Å². The summed E-state index contributed by atoms with van der Waals surface area (Å²) in [5.74, 6) is -0.354. The van der Waals surface area contributed by atoms with Gasteiger partial charge in [-0.1, -0.05) is 29.4 Å². The molecule has 31 heavy (non-hydrogen) atoms. The number of carbonyl (C=O) groups is 1. The van der Waals surface area contributed by atoms with Gasteiger partial charge in [0.15, 0.2) is 6.10 Å². The van der Waals surface area contributed by atoms with Crippen LogP contribution in [0.1, 0.15) is 37.0 Å². The SMILES string of the molecule is CC(C)NC(=O)N(Cc1ccc(C(F)(F)F)cc1)C[C@@H]1CC(c2ccc(F)cc2)=NO1. The van der Waals surface area contributed by atoms with E-state index in [-0.39, 0.29) is 31.0 Å². The van der Waals surface area contributed by atoms with Gasteiger partial charge in [-0.05, 0) is 49.2 Å². The molecule has 0 saturated heterocycles. The second kappa shape index (κ2) is 9.36. The van der Waals surface area contributed by atoms with E-state index >= 15 is 0 Å². The molecule has 3 rings (SSSR count). The minimum absolute atomic E-state index is 0.113. The highest BCUT2D eigenvalue weighted by Crippen LogP contribution is 2.29. The van der Waals surface area contributed by atoms with Crippen molar-refractivity contribution in [3.63, 3.8) is 0 Å². The van der Waals surface area contributed by atoms with E-state index in [9.17, 15) is 22.4 Å². The lowest BCUT2D eigenvalue weighted by atomic mass is 10.0. The molecular formula is C22H23F4N3O2. The Hall–Kier alpha value is -3.10. The van der Waals surface area contributed by atoms with Gasteiger partial charge in [0.25, 0.3) is 0 Å². The van der Waals surface area contributed by atoms with Gasteiger partial charge in [-0.15, -0.1) is 0 Å². The van der Waals surface area contributed by atoms with Crippen molar-refractivity contribution in [2.24, 2.45) is 5.16 Å². The van der Waals surface area contributed by atoms with Crippen LogP contribution in [0.2, 0.25) is 0 Å². The summed E-state index contributed by atoms with van der Waals surface area (Å²) in [6, 6.07) is 10.1. The molecule has 2 aromatic rings. The molecule has 166 valence electrons. The number of halogens is 4. The van der Waals surface area contributed by atoms with E-state index in [0.29, 0.717) is 17.7 Å². The normalized spacial score (nSPS) is 16.1. The van der Waals surface area contributed by atoms with Crippen LogP contribution in [-0.4, -0.2) is 35.3 Å². The molecule has 0 saturated carbocycles. The maximum absolute atomic E-state index is 13.1. The van der Waals surface area contributed by atoms with Crippen LogP contribution in [0, 0.1) is 5.82 Å². The van der Waals surface area contributed by atoms with Crippen molar-refractivity contribution in [1.29, 1.82) is 0 Å². The van der Waals surface area contributed by atoms with Gasteiger partial charge in [-0.3, -0.25) is 0 Å². The van der Waals surface area contributed by atoms with Crippen LogP contribution in [0.4, 0.5) is 22.4 Å². The molecule has 0 fully saturated rings. The fraction of sp³-hybridized carbons (Fsp3) is 0.364. The molecule has 0 unspecified atom stereocenters. The highest BCUT2D eigenvalue weighted by Gasteiger charge is 2.30. The number of alkyl halides is 3. The minimum Gasteiger partial charge on any atom is -0.390 e. The summed E-state index contributed by atoms with van der Waals surface area (Å²) in [6.45, 7) is 3.93. The fourth-order valence-electron chi connectivity index (χ4n) is 3.16. The molecule has 0 radical (unpaired) electrons. The van der Waals surface area contributed by atoms with Crippen molar-refractivity contribution in [2.45, 2.75) is 45.1 Å². The van der Waals surface area contributed by atoms with Gasteiger partial charge in [0.2, 0.25) is 0 Å². The summed E-state index contributed by atoms with van der Waals surface area (Å²) in [7, 11) is 0. The predicted octanol–water partition coefficient (Wildman–Crippen LogP) is 4.96. The number of rotatable bonds is 6. The first-order chi connectivity index (χ1) is 14.6. The molecule has 9 heteroatoms. The van der Waals surface area contributed by atoms with Crippen LogP contribution in [0.3, 0.4) is 0 Å². The van der Waals surface area contributed by atoms with Crippen LogP contribution in [0.5, 0.6) is 0 Å². The molecule has 2 amide bonds. The smallest absolute Gasteiger partial charge is 0.390 e. The van der Waals surface area contributed by atoms with E-state index in [4.69, 9.17) is 4.84 Å². The van der Waals surface area contributed by atoms with Gasteiger partial charge in [-0.2, -0.15) is 13.2 Å². The minimum atomic E-state index is -4.42. The third-order valence-electron chi connectivity index (χ3n) is 4.69. The fourth-order valence-corrected chi connectivity index (χ4v) is 3.16. The molecule has 1 atom stereocenters. The molecule has 1 N–H and O–H groups in total. The Morgan fingerprint density at radius 1 is 1.16 bits per heavy atom. The largest absolute Gasteiger partial charge is 0.416 e. The zero-order valence-corrected chi connectivity index (χ0v) is 17.1. The van der Waals surface area contributed by atoms with E-state index in [0.717, 1.165) is 17.7 Å². The van der Waals surface area contributed by atoms with Crippen LogP contribution >= 0.6 is 0 Å². The summed E-state index contributed by atoms with van der Waals surface area (Å²) >= 11 is 0. The predicted molar refractivity (Wildman–Crippen MR) is 108 cm³/mol. The lowest BCUT2D eigenvalue weighted by Crippen LogP contribution is -2.45. The third kappa shape index (κ3) is 6.19. The molecule has 1 heterocycles. The van der Waals surface area contributed by atoms with Gasteiger partial charge >= 0.3 is 12.2 Å². The summed E-state index contributed by atoms with van der Waals surface area (Å²) in [5, 5.41) is 6.84. The maximum Gasteiger partial charge on any atom is 0.416 e. The summed E-state index contributed by atoms with van der Waals surface area (Å²) in [4.78, 5) is 19.6. The van der Waals surface area contributed by atoms with Crippen LogP contribution in [0.15, 0.2) is 53.7 Å². The molecule has 1 aliphatic heterocycles. The van der Waals surface area contributed by atoms with Crippen molar-refractivity contribution in [3.8, 4) is 0 Å². The quantitative estimate of drug-likeness (QED) is 0.650. The lowest BCUT2D eigenvalue weighted by molar-refractivity contribution is -0.137. The Morgan fingerprint density at radius 3 is 2.39 bits per heavy atom. The van der Waals surface area contributed by atoms with Crippen LogP contribution in [0.25, 0.3) is 0 Å². The Kier molecular flexibility index (Phi) is 6.82. The number of oxime groups is 1. The molecule has 1 aliphatic rings. The monoisotopic (exact) mass is 437 g/mol. The number of benzene rings is 2. The van der Waals surface area contributed by atoms with E-state index in [2.05, 4.69) is 10.5 Å². The zero-order valence-electron chi connectivity index (χ0n) is 17.1. The summed E-state index contributed by atoms with van der Waals surface area (Å²) < 4.78 is 51.5. The Labute approximate surface area is 177 Å². The first-order valence-corrected chi connectivity index (χ1v) is 9.82. The Morgan fingerprint density at radius 2 is 1.81 bits per heavy atom. The second-order valence-corrected chi connectivity index (χ2v) is 7.66. The van der Waals surface area contributed by atoms with Gasteiger partial charge < -0.3 is 15.1 Å². The number of hydrogen-bond acceptors (Lipinski definition) is 3. The first-order valence-electron chi connectivity index (χ1n) is 9.82. The van der Waals surface area contributed by atoms with Gasteiger partial charge in [0.1, 0.15) is 5.82 Å². The summed E-state index contributed by atoms with van der Waals surface area (Å²) in [5.41, 5.74) is 1.18. The van der Waals surface area contributed by atoms with Crippen LogP contribution in [-0.2, 0) is 17.6 Å². The number of urea groups is 1. The standard InChI is InChI=1S/C22H23F4N3O2/c1-14(2)27-21(30)29(12-15-3-7-17(8-4-15)22(24,25)26)13-19-11-20(28-31-19)16-5-9-18(23)10-6-16/h3-10,14,19H,11-13H2,1-2H3,(H,27,30)/t19-/m0/s1. The van der Waals surface area contributed by atoms with E-state index < -0.39 is 17.8 Å². The first kappa shape index (κ1) is 22.6. The molecule has 5 nitrogen and oxygen atoms in total. The number of carbonyl (C=O) groups excluding carboxylic acids is 1. The second-order valence-electron chi connectivity index (χ2n) is 7.66. The topological polar surface area (TPSA) is 53.9 Å². The molecule has 0 aromatic heterocycles. The average Bonchev–Trinajstić information content (AvgIpc) is 3.16. The van der Waals surface area contributed by atoms with Gasteiger partial charge in [0, 0.05) is 19.0 Å². The van der Waals surface area contributed by atoms with E-state index in [1.807, 2.05) is 13.8 Å². The number of nitrogens with one attached hydrogen (secondary N) is 1. The van der Waals surface area contributed by atoms with Crippen molar-refractivity contribution in [2.75, 3.05) is 6.54 Å². The van der Waals surface area contributed by atoms with Crippen molar-refractivity contribution >= 4 is 11.7 Å².